The van der Waals surface area contributed by atoms with Crippen LogP contribution in [0.1, 0.15) is 30.5 Å². The van der Waals surface area contributed by atoms with Crippen LogP contribution in [0.15, 0.2) is 54.9 Å². The lowest BCUT2D eigenvalue weighted by atomic mass is 9.66. The van der Waals surface area contributed by atoms with Gasteiger partial charge in [0.15, 0.2) is 0 Å². The van der Waals surface area contributed by atoms with E-state index >= 15 is 0 Å². The fourth-order valence-electron chi connectivity index (χ4n) is 3.29. The van der Waals surface area contributed by atoms with Gasteiger partial charge in [0.25, 0.3) is 0 Å². The SMILES string of the molecule is N#Cc1cccc(-c2cnc(NCC3(c4ccccn4)CCC3)nn2)c1. The highest BCUT2D eigenvalue weighted by Gasteiger charge is 2.39. The molecule has 0 saturated heterocycles. The van der Waals surface area contributed by atoms with E-state index in [0.29, 0.717) is 17.2 Å². The molecule has 6 nitrogen and oxygen atoms in total. The lowest BCUT2D eigenvalue weighted by Gasteiger charge is -2.41. The van der Waals surface area contributed by atoms with Gasteiger partial charge in [-0.3, -0.25) is 4.98 Å². The monoisotopic (exact) mass is 342 g/mol. The number of hydrogen-bond acceptors (Lipinski definition) is 6. The number of hydrogen-bond donors (Lipinski definition) is 1. The maximum Gasteiger partial charge on any atom is 0.242 e. The van der Waals surface area contributed by atoms with Gasteiger partial charge in [-0.25, -0.2) is 4.98 Å². The molecule has 6 heteroatoms. The number of rotatable bonds is 5. The smallest absolute Gasteiger partial charge is 0.242 e. The Hall–Kier alpha value is -3.33. The molecule has 1 aliphatic carbocycles. The molecule has 0 bridgehead atoms. The van der Waals surface area contributed by atoms with Gasteiger partial charge in [-0.1, -0.05) is 24.6 Å². The van der Waals surface area contributed by atoms with Gasteiger partial charge in [-0.15, -0.1) is 10.2 Å². The first kappa shape index (κ1) is 16.2. The minimum atomic E-state index is 0.0599. The molecule has 1 aliphatic rings. The van der Waals surface area contributed by atoms with Gasteiger partial charge in [0.2, 0.25) is 5.95 Å². The van der Waals surface area contributed by atoms with Gasteiger partial charge in [-0.2, -0.15) is 5.26 Å². The van der Waals surface area contributed by atoms with Crippen LogP contribution in [0.4, 0.5) is 5.95 Å². The lowest BCUT2D eigenvalue weighted by molar-refractivity contribution is 0.252. The molecule has 1 saturated carbocycles. The second-order valence-electron chi connectivity index (χ2n) is 6.56. The number of anilines is 1. The zero-order chi connectivity index (χ0) is 17.8. The Morgan fingerprint density at radius 2 is 2.00 bits per heavy atom. The van der Waals surface area contributed by atoms with Gasteiger partial charge >= 0.3 is 0 Å². The van der Waals surface area contributed by atoms with E-state index in [-0.39, 0.29) is 5.41 Å². The fraction of sp³-hybridized carbons (Fsp3) is 0.250. The Morgan fingerprint density at radius 3 is 2.65 bits per heavy atom. The average Bonchev–Trinajstić information content (AvgIpc) is 2.68. The van der Waals surface area contributed by atoms with Crippen LogP contribution in [0.5, 0.6) is 0 Å². The summed E-state index contributed by atoms with van der Waals surface area (Å²) in [5.74, 6) is 0.507. The van der Waals surface area contributed by atoms with Gasteiger partial charge in [0.1, 0.15) is 5.69 Å². The van der Waals surface area contributed by atoms with Crippen molar-refractivity contribution in [2.75, 3.05) is 11.9 Å². The summed E-state index contributed by atoms with van der Waals surface area (Å²) in [7, 11) is 0. The highest BCUT2D eigenvalue weighted by Crippen LogP contribution is 2.42. The number of nitriles is 1. The van der Waals surface area contributed by atoms with E-state index in [0.717, 1.165) is 30.6 Å². The van der Waals surface area contributed by atoms with Crippen LogP contribution in [0.2, 0.25) is 0 Å². The molecule has 0 unspecified atom stereocenters. The number of benzene rings is 1. The summed E-state index contributed by atoms with van der Waals surface area (Å²) in [6, 6.07) is 15.5. The third kappa shape index (κ3) is 3.11. The van der Waals surface area contributed by atoms with Gasteiger partial charge in [-0.05, 0) is 37.1 Å². The van der Waals surface area contributed by atoms with Gasteiger partial charge in [0, 0.05) is 29.4 Å². The summed E-state index contributed by atoms with van der Waals surface area (Å²) in [6.45, 7) is 0.745. The molecule has 3 aromatic rings. The molecule has 0 amide bonds. The molecule has 0 radical (unpaired) electrons. The maximum atomic E-state index is 9.01. The first-order chi connectivity index (χ1) is 12.8. The first-order valence-electron chi connectivity index (χ1n) is 8.65. The number of nitrogens with one attached hydrogen (secondary N) is 1. The van der Waals surface area contributed by atoms with E-state index in [1.54, 1.807) is 18.3 Å². The number of aromatic nitrogens is 4. The summed E-state index contributed by atoms with van der Waals surface area (Å²) in [6.07, 6.45) is 6.97. The zero-order valence-electron chi connectivity index (χ0n) is 14.3. The van der Waals surface area contributed by atoms with E-state index in [1.807, 2.05) is 30.5 Å². The Morgan fingerprint density at radius 1 is 1.08 bits per heavy atom. The molecule has 0 aliphatic heterocycles. The fourth-order valence-corrected chi connectivity index (χ4v) is 3.29. The largest absolute Gasteiger partial charge is 0.352 e. The molecule has 128 valence electrons. The topological polar surface area (TPSA) is 87.4 Å². The molecule has 1 N–H and O–H groups in total. The predicted octanol–water partition coefficient (Wildman–Crippen LogP) is 3.34. The third-order valence-electron chi connectivity index (χ3n) is 4.95. The molecule has 0 atom stereocenters. The summed E-state index contributed by atoms with van der Waals surface area (Å²) in [5.41, 5.74) is 3.26. The molecule has 2 aromatic heterocycles. The Kier molecular flexibility index (Phi) is 4.28. The number of pyridine rings is 1. The van der Waals surface area contributed by atoms with E-state index in [1.165, 1.54) is 6.42 Å². The molecule has 1 aromatic carbocycles. The van der Waals surface area contributed by atoms with E-state index < -0.39 is 0 Å². The van der Waals surface area contributed by atoms with Crippen LogP contribution in [0.3, 0.4) is 0 Å². The quantitative estimate of drug-likeness (QED) is 0.765. The number of nitrogens with zero attached hydrogens (tertiary/aromatic N) is 5. The summed E-state index contributed by atoms with van der Waals surface area (Å²) >= 11 is 0. The van der Waals surface area contributed by atoms with Crippen molar-refractivity contribution >= 4 is 5.95 Å². The van der Waals surface area contributed by atoms with Crippen LogP contribution < -0.4 is 5.32 Å². The van der Waals surface area contributed by atoms with Crippen molar-refractivity contribution in [2.45, 2.75) is 24.7 Å². The molecule has 2 heterocycles. The lowest BCUT2D eigenvalue weighted by Crippen LogP contribution is -2.41. The average molecular weight is 342 g/mol. The van der Waals surface area contributed by atoms with Crippen molar-refractivity contribution in [2.24, 2.45) is 0 Å². The van der Waals surface area contributed by atoms with Crippen molar-refractivity contribution < 1.29 is 0 Å². The molecule has 4 rings (SSSR count). The predicted molar refractivity (Wildman–Crippen MR) is 98.2 cm³/mol. The summed E-state index contributed by atoms with van der Waals surface area (Å²) in [4.78, 5) is 8.91. The van der Waals surface area contributed by atoms with Crippen LogP contribution >= 0.6 is 0 Å². The molecule has 26 heavy (non-hydrogen) atoms. The zero-order valence-corrected chi connectivity index (χ0v) is 14.3. The molecular formula is C20H18N6. The van der Waals surface area contributed by atoms with E-state index in [2.05, 4.69) is 37.6 Å². The van der Waals surface area contributed by atoms with Crippen molar-refractivity contribution in [1.29, 1.82) is 5.26 Å². The van der Waals surface area contributed by atoms with Crippen molar-refractivity contribution in [3.05, 3.63) is 66.1 Å². The molecular weight excluding hydrogens is 324 g/mol. The van der Waals surface area contributed by atoms with Crippen LogP contribution in [-0.2, 0) is 5.41 Å². The Labute approximate surface area is 152 Å². The maximum absolute atomic E-state index is 9.01. The van der Waals surface area contributed by atoms with E-state index in [4.69, 9.17) is 5.26 Å². The minimum Gasteiger partial charge on any atom is -0.352 e. The van der Waals surface area contributed by atoms with Crippen molar-refractivity contribution in [1.82, 2.24) is 20.2 Å². The van der Waals surface area contributed by atoms with Crippen molar-refractivity contribution in [3.8, 4) is 17.3 Å². The van der Waals surface area contributed by atoms with Crippen LogP contribution in [-0.4, -0.2) is 26.7 Å². The van der Waals surface area contributed by atoms with E-state index in [9.17, 15) is 0 Å². The minimum absolute atomic E-state index is 0.0599. The Bertz CT molecular complexity index is 927. The summed E-state index contributed by atoms with van der Waals surface area (Å²) < 4.78 is 0. The highest BCUT2D eigenvalue weighted by atomic mass is 15.2. The highest BCUT2D eigenvalue weighted by molar-refractivity contribution is 5.60. The van der Waals surface area contributed by atoms with Crippen LogP contribution in [0, 0.1) is 11.3 Å². The summed E-state index contributed by atoms with van der Waals surface area (Å²) in [5, 5.41) is 20.7. The second kappa shape index (κ2) is 6.89. The van der Waals surface area contributed by atoms with Crippen molar-refractivity contribution in [3.63, 3.8) is 0 Å². The van der Waals surface area contributed by atoms with Crippen LogP contribution in [0.25, 0.3) is 11.3 Å². The Balaban J connectivity index is 1.47. The molecule has 0 spiro atoms. The second-order valence-corrected chi connectivity index (χ2v) is 6.56. The normalized spacial score (nSPS) is 14.9. The standard InChI is InChI=1S/C20H18N6/c21-12-15-5-3-6-16(11-15)17-13-23-19(26-25-17)24-14-20(8-4-9-20)18-7-1-2-10-22-18/h1-3,5-7,10-11,13H,4,8-9,14H2,(H,23,24,26). The first-order valence-corrected chi connectivity index (χ1v) is 8.65. The van der Waals surface area contributed by atoms with Gasteiger partial charge < -0.3 is 5.32 Å². The third-order valence-corrected chi connectivity index (χ3v) is 4.95. The molecule has 1 fully saturated rings. The van der Waals surface area contributed by atoms with Gasteiger partial charge in [0.05, 0.1) is 17.8 Å².